The number of nitrogens with zero attached hydrogens (tertiary/aromatic N) is 1. The highest BCUT2D eigenvalue weighted by Gasteiger charge is 2.08. The highest BCUT2D eigenvalue weighted by molar-refractivity contribution is 7.13. The van der Waals surface area contributed by atoms with Gasteiger partial charge in [-0.15, -0.1) is 11.3 Å². The Morgan fingerprint density at radius 3 is 3.07 bits per heavy atom. The van der Waals surface area contributed by atoms with E-state index in [0.29, 0.717) is 12.4 Å². The van der Waals surface area contributed by atoms with Crippen LogP contribution in [0.5, 0.6) is 5.75 Å². The first kappa shape index (κ1) is 9.23. The van der Waals surface area contributed by atoms with Crippen LogP contribution >= 0.6 is 11.3 Å². The smallest absolute Gasteiger partial charge is 0.208 e. The van der Waals surface area contributed by atoms with Gasteiger partial charge in [-0.25, -0.2) is 4.98 Å². The van der Waals surface area contributed by atoms with Crippen molar-refractivity contribution in [3.63, 3.8) is 0 Å². The molecule has 2 N–H and O–H groups in total. The molecule has 0 radical (unpaired) electrons. The van der Waals surface area contributed by atoms with E-state index in [0.717, 1.165) is 16.4 Å². The zero-order chi connectivity index (χ0) is 9.97. The Kier molecular flexibility index (Phi) is 2.51. The van der Waals surface area contributed by atoms with Crippen molar-refractivity contribution in [2.24, 2.45) is 5.73 Å². The fourth-order valence-electron chi connectivity index (χ4n) is 1.07. The average Bonchev–Trinajstić information content (AvgIpc) is 2.86. The van der Waals surface area contributed by atoms with Crippen LogP contribution in [0.1, 0.15) is 5.89 Å². The molecule has 2 aromatic heterocycles. The number of rotatable bonds is 3. The topological polar surface area (TPSA) is 61.3 Å². The van der Waals surface area contributed by atoms with Crippen LogP contribution in [0.2, 0.25) is 0 Å². The lowest BCUT2D eigenvalue weighted by atomic mass is 10.4. The Morgan fingerprint density at radius 1 is 1.64 bits per heavy atom. The van der Waals surface area contributed by atoms with Gasteiger partial charge in [-0.2, -0.15) is 0 Å². The number of hydrogen-bond donors (Lipinski definition) is 1. The molecule has 2 rings (SSSR count). The molecular weight excluding hydrogens is 200 g/mol. The first-order valence-corrected chi connectivity index (χ1v) is 4.99. The molecule has 0 saturated heterocycles. The molecule has 0 spiro atoms. The van der Waals surface area contributed by atoms with E-state index in [2.05, 4.69) is 4.98 Å². The second-order valence-electron chi connectivity index (χ2n) is 2.67. The fraction of sp³-hybridized carbons (Fsp3) is 0.222. The number of hydrogen-bond acceptors (Lipinski definition) is 5. The van der Waals surface area contributed by atoms with Crippen LogP contribution in [0.25, 0.3) is 10.6 Å². The predicted molar refractivity (Wildman–Crippen MR) is 54.3 cm³/mol. The summed E-state index contributed by atoms with van der Waals surface area (Å²) in [5.41, 5.74) is 5.40. The summed E-state index contributed by atoms with van der Waals surface area (Å²) in [4.78, 5) is 5.01. The lowest BCUT2D eigenvalue weighted by Gasteiger charge is -1.90. The molecule has 0 bridgehead atoms. The molecule has 0 aliphatic heterocycles. The van der Waals surface area contributed by atoms with Crippen LogP contribution in [0.4, 0.5) is 0 Å². The maximum atomic E-state index is 5.40. The SMILES string of the molecule is COc1csc(-c2cnc(CN)o2)c1. The summed E-state index contributed by atoms with van der Waals surface area (Å²) in [5, 5.41) is 1.92. The molecule has 0 aliphatic rings. The third kappa shape index (κ3) is 1.64. The van der Waals surface area contributed by atoms with Gasteiger partial charge in [0.05, 0.1) is 24.7 Å². The lowest BCUT2D eigenvalue weighted by molar-refractivity contribution is 0.416. The number of oxazole rings is 1. The van der Waals surface area contributed by atoms with Crippen molar-refractivity contribution in [1.29, 1.82) is 0 Å². The van der Waals surface area contributed by atoms with Gasteiger partial charge in [0.15, 0.2) is 5.76 Å². The molecule has 2 aromatic rings. The minimum atomic E-state index is 0.322. The van der Waals surface area contributed by atoms with Gasteiger partial charge in [0, 0.05) is 11.4 Å². The van der Waals surface area contributed by atoms with Gasteiger partial charge in [0.25, 0.3) is 0 Å². The molecule has 0 fully saturated rings. The number of nitrogens with two attached hydrogens (primary N) is 1. The standard InChI is InChI=1S/C9H10N2O2S/c1-12-6-2-8(14-5-6)7-4-11-9(3-10)13-7/h2,4-5H,3,10H2,1H3. The van der Waals surface area contributed by atoms with Crippen LogP contribution in [0.3, 0.4) is 0 Å². The molecule has 74 valence electrons. The lowest BCUT2D eigenvalue weighted by Crippen LogP contribution is -1.94. The van der Waals surface area contributed by atoms with E-state index >= 15 is 0 Å². The Hall–Kier alpha value is -1.33. The summed E-state index contributed by atoms with van der Waals surface area (Å²) in [7, 11) is 1.64. The molecule has 0 atom stereocenters. The van der Waals surface area contributed by atoms with Crippen molar-refractivity contribution < 1.29 is 9.15 Å². The van der Waals surface area contributed by atoms with Gasteiger partial charge in [-0.1, -0.05) is 0 Å². The third-order valence-electron chi connectivity index (χ3n) is 1.78. The summed E-state index contributed by atoms with van der Waals surface area (Å²) in [6.07, 6.45) is 1.67. The third-order valence-corrected chi connectivity index (χ3v) is 2.71. The zero-order valence-corrected chi connectivity index (χ0v) is 8.50. The van der Waals surface area contributed by atoms with Gasteiger partial charge in [-0.3, -0.25) is 0 Å². The molecule has 5 heteroatoms. The van der Waals surface area contributed by atoms with Crippen molar-refractivity contribution >= 4 is 11.3 Å². The van der Waals surface area contributed by atoms with Crippen LogP contribution in [0, 0.1) is 0 Å². The first-order valence-electron chi connectivity index (χ1n) is 4.11. The molecule has 14 heavy (non-hydrogen) atoms. The summed E-state index contributed by atoms with van der Waals surface area (Å²) < 4.78 is 10.5. The highest BCUT2D eigenvalue weighted by Crippen LogP contribution is 2.31. The van der Waals surface area contributed by atoms with Crippen LogP contribution in [0.15, 0.2) is 22.1 Å². The zero-order valence-electron chi connectivity index (χ0n) is 7.69. The Bertz CT molecular complexity index is 382. The normalized spacial score (nSPS) is 10.4. The van der Waals surface area contributed by atoms with E-state index in [9.17, 15) is 0 Å². The predicted octanol–water partition coefficient (Wildman–Crippen LogP) is 1.87. The Balaban J connectivity index is 2.29. The van der Waals surface area contributed by atoms with Crippen molar-refractivity contribution in [3.8, 4) is 16.4 Å². The summed E-state index contributed by atoms with van der Waals surface area (Å²) >= 11 is 1.55. The van der Waals surface area contributed by atoms with Crippen molar-refractivity contribution in [3.05, 3.63) is 23.5 Å². The van der Waals surface area contributed by atoms with E-state index in [-0.39, 0.29) is 0 Å². The fourth-order valence-corrected chi connectivity index (χ4v) is 1.88. The van der Waals surface area contributed by atoms with Crippen LogP contribution in [-0.4, -0.2) is 12.1 Å². The first-order chi connectivity index (χ1) is 6.83. The van der Waals surface area contributed by atoms with E-state index in [1.54, 1.807) is 24.6 Å². The van der Waals surface area contributed by atoms with Gasteiger partial charge in [0.2, 0.25) is 5.89 Å². The van der Waals surface area contributed by atoms with Crippen LogP contribution < -0.4 is 10.5 Å². The molecule has 0 unspecified atom stereocenters. The molecule has 0 amide bonds. The molecule has 2 heterocycles. The van der Waals surface area contributed by atoms with Crippen molar-refractivity contribution in [2.75, 3.05) is 7.11 Å². The van der Waals surface area contributed by atoms with Crippen molar-refractivity contribution in [1.82, 2.24) is 4.98 Å². The van der Waals surface area contributed by atoms with Gasteiger partial charge in [-0.05, 0) is 0 Å². The molecule has 0 aliphatic carbocycles. The van der Waals surface area contributed by atoms with Gasteiger partial charge in [0.1, 0.15) is 5.75 Å². The second kappa shape index (κ2) is 3.81. The minimum Gasteiger partial charge on any atom is -0.496 e. The monoisotopic (exact) mass is 210 g/mol. The number of thiophene rings is 1. The molecular formula is C9H10N2O2S. The minimum absolute atomic E-state index is 0.322. The molecule has 0 saturated carbocycles. The van der Waals surface area contributed by atoms with Gasteiger partial charge < -0.3 is 14.9 Å². The maximum absolute atomic E-state index is 5.40. The summed E-state index contributed by atoms with van der Waals surface area (Å²) in [6.45, 7) is 0.322. The van der Waals surface area contributed by atoms with Crippen LogP contribution in [-0.2, 0) is 6.54 Å². The molecule has 4 nitrogen and oxygen atoms in total. The van der Waals surface area contributed by atoms with E-state index in [4.69, 9.17) is 14.9 Å². The number of ether oxygens (including phenoxy) is 1. The number of aromatic nitrogens is 1. The summed E-state index contributed by atoms with van der Waals surface area (Å²) in [5.74, 6) is 2.11. The van der Waals surface area contributed by atoms with Crippen molar-refractivity contribution in [2.45, 2.75) is 6.54 Å². The second-order valence-corrected chi connectivity index (χ2v) is 3.58. The highest BCUT2D eigenvalue weighted by atomic mass is 32.1. The number of methoxy groups -OCH3 is 1. The van der Waals surface area contributed by atoms with E-state index in [1.807, 2.05) is 11.4 Å². The Morgan fingerprint density at radius 2 is 2.50 bits per heavy atom. The molecule has 0 aromatic carbocycles. The summed E-state index contributed by atoms with van der Waals surface area (Å²) in [6, 6.07) is 1.91. The Labute approximate surface area is 85.3 Å². The largest absolute Gasteiger partial charge is 0.496 e. The van der Waals surface area contributed by atoms with Gasteiger partial charge >= 0.3 is 0 Å². The average molecular weight is 210 g/mol. The van der Waals surface area contributed by atoms with E-state index in [1.165, 1.54) is 0 Å². The quantitative estimate of drug-likeness (QED) is 0.840. The maximum Gasteiger partial charge on any atom is 0.208 e. The van der Waals surface area contributed by atoms with E-state index < -0.39 is 0 Å².